The smallest absolute Gasteiger partial charge is 0.317 e. The summed E-state index contributed by atoms with van der Waals surface area (Å²) in [6.45, 7) is -0.281. The monoisotopic (exact) mass is 326 g/mol. The molecule has 1 fully saturated rings. The maximum atomic E-state index is 13.4. The van der Waals surface area contributed by atoms with E-state index in [0.29, 0.717) is 0 Å². The van der Waals surface area contributed by atoms with Crippen LogP contribution in [0.1, 0.15) is 0 Å². The molecule has 2 N–H and O–H groups in total. The van der Waals surface area contributed by atoms with Gasteiger partial charge >= 0.3 is 5.97 Å². The van der Waals surface area contributed by atoms with Gasteiger partial charge in [-0.1, -0.05) is 12.1 Å². The highest BCUT2D eigenvalue weighted by molar-refractivity contribution is 5.78. The molecule has 1 aromatic rings. The molecule has 1 saturated heterocycles. The SMILES string of the molecule is CN(CC(=O)O)[C@H]1CN(C(=O)COc2ccccc2F)C[C@H]1O. The van der Waals surface area contributed by atoms with Crippen LogP contribution in [0, 0.1) is 5.82 Å². The molecule has 0 saturated carbocycles. The first-order valence-electron chi connectivity index (χ1n) is 7.13. The molecule has 1 amide bonds. The summed E-state index contributed by atoms with van der Waals surface area (Å²) in [7, 11) is 1.58. The summed E-state index contributed by atoms with van der Waals surface area (Å²) in [4.78, 5) is 25.7. The van der Waals surface area contributed by atoms with Crippen molar-refractivity contribution in [3.05, 3.63) is 30.1 Å². The van der Waals surface area contributed by atoms with E-state index in [1.807, 2.05) is 0 Å². The molecule has 0 aliphatic carbocycles. The van der Waals surface area contributed by atoms with Crippen molar-refractivity contribution in [1.29, 1.82) is 0 Å². The second-order valence-corrected chi connectivity index (χ2v) is 5.46. The Balaban J connectivity index is 1.89. The predicted molar refractivity (Wildman–Crippen MR) is 78.5 cm³/mol. The number of aliphatic carboxylic acids is 1. The molecule has 2 rings (SSSR count). The van der Waals surface area contributed by atoms with Gasteiger partial charge in [0.1, 0.15) is 0 Å². The number of likely N-dealkylation sites (N-methyl/N-ethyl adjacent to an activating group) is 1. The number of nitrogens with zero attached hydrogens (tertiary/aromatic N) is 2. The number of carbonyl (C=O) groups is 2. The Morgan fingerprint density at radius 3 is 2.74 bits per heavy atom. The number of hydrogen-bond acceptors (Lipinski definition) is 5. The van der Waals surface area contributed by atoms with E-state index in [4.69, 9.17) is 9.84 Å². The van der Waals surface area contributed by atoms with Crippen molar-refractivity contribution in [3.63, 3.8) is 0 Å². The minimum absolute atomic E-state index is 0.0138. The summed E-state index contributed by atoms with van der Waals surface area (Å²) in [6, 6.07) is 5.31. The number of β-amino-alcohol motifs (C(OH)–C–C–N with tert-alkyl or cyclic N) is 1. The molecule has 126 valence electrons. The van der Waals surface area contributed by atoms with Crippen molar-refractivity contribution in [2.24, 2.45) is 0 Å². The van der Waals surface area contributed by atoms with Crippen LogP contribution in [-0.4, -0.2) is 77.3 Å². The topological polar surface area (TPSA) is 90.3 Å². The van der Waals surface area contributed by atoms with Crippen LogP contribution >= 0.6 is 0 Å². The molecule has 0 unspecified atom stereocenters. The van der Waals surface area contributed by atoms with Gasteiger partial charge in [0, 0.05) is 13.1 Å². The number of amides is 1. The van der Waals surface area contributed by atoms with Crippen LogP contribution in [0.4, 0.5) is 4.39 Å². The van der Waals surface area contributed by atoms with Crippen LogP contribution in [0.5, 0.6) is 5.75 Å². The molecule has 7 nitrogen and oxygen atoms in total. The zero-order valence-corrected chi connectivity index (χ0v) is 12.7. The van der Waals surface area contributed by atoms with Gasteiger partial charge in [-0.25, -0.2) is 4.39 Å². The van der Waals surface area contributed by atoms with E-state index in [1.165, 1.54) is 28.0 Å². The lowest BCUT2D eigenvalue weighted by Gasteiger charge is -2.24. The lowest BCUT2D eigenvalue weighted by Crippen LogP contribution is -2.43. The number of benzene rings is 1. The Kier molecular flexibility index (Phi) is 5.51. The first kappa shape index (κ1) is 17.2. The fourth-order valence-electron chi connectivity index (χ4n) is 2.53. The number of ether oxygens (including phenoxy) is 1. The van der Waals surface area contributed by atoms with Gasteiger partial charge in [0.05, 0.1) is 18.7 Å². The largest absolute Gasteiger partial charge is 0.481 e. The van der Waals surface area contributed by atoms with Gasteiger partial charge in [-0.05, 0) is 19.2 Å². The van der Waals surface area contributed by atoms with Crippen molar-refractivity contribution in [2.75, 3.05) is 33.3 Å². The number of likely N-dealkylation sites (tertiary alicyclic amines) is 1. The summed E-state index contributed by atoms with van der Waals surface area (Å²) in [5.74, 6) is -1.97. The zero-order chi connectivity index (χ0) is 17.0. The molecule has 0 radical (unpaired) electrons. The third-order valence-electron chi connectivity index (χ3n) is 3.75. The summed E-state index contributed by atoms with van der Waals surface area (Å²) >= 11 is 0. The van der Waals surface area contributed by atoms with Gasteiger partial charge in [-0.15, -0.1) is 0 Å². The fourth-order valence-corrected chi connectivity index (χ4v) is 2.53. The third kappa shape index (κ3) is 4.40. The number of para-hydroxylation sites is 1. The predicted octanol–water partition coefficient (Wildman–Crippen LogP) is -0.207. The number of aliphatic hydroxyl groups excluding tert-OH is 1. The number of halogens is 1. The highest BCUT2D eigenvalue weighted by Crippen LogP contribution is 2.18. The highest BCUT2D eigenvalue weighted by Gasteiger charge is 2.36. The maximum absolute atomic E-state index is 13.4. The minimum atomic E-state index is -1.01. The van der Waals surface area contributed by atoms with Crippen molar-refractivity contribution in [1.82, 2.24) is 9.80 Å². The van der Waals surface area contributed by atoms with Gasteiger partial charge in [-0.2, -0.15) is 0 Å². The van der Waals surface area contributed by atoms with Crippen molar-refractivity contribution < 1.29 is 28.9 Å². The fraction of sp³-hybridized carbons (Fsp3) is 0.467. The van der Waals surface area contributed by atoms with E-state index in [9.17, 15) is 19.1 Å². The highest BCUT2D eigenvalue weighted by atomic mass is 19.1. The Hall–Kier alpha value is -2.19. The number of hydrogen-bond donors (Lipinski definition) is 2. The van der Waals surface area contributed by atoms with Gasteiger partial charge in [0.2, 0.25) is 0 Å². The second kappa shape index (κ2) is 7.38. The molecule has 23 heavy (non-hydrogen) atoms. The molecule has 0 spiro atoms. The van der Waals surface area contributed by atoms with E-state index in [-0.39, 0.29) is 32.0 Å². The molecule has 0 aromatic heterocycles. The van der Waals surface area contributed by atoms with E-state index < -0.39 is 29.8 Å². The average molecular weight is 326 g/mol. The second-order valence-electron chi connectivity index (χ2n) is 5.46. The van der Waals surface area contributed by atoms with Gasteiger partial charge < -0.3 is 19.8 Å². The number of carboxylic acid groups (broad SMARTS) is 1. The molecule has 1 aromatic carbocycles. The van der Waals surface area contributed by atoms with E-state index in [1.54, 1.807) is 13.1 Å². The number of aliphatic hydroxyl groups is 1. The van der Waals surface area contributed by atoms with E-state index in [2.05, 4.69) is 0 Å². The van der Waals surface area contributed by atoms with Gasteiger partial charge in [0.25, 0.3) is 5.91 Å². The normalized spacial score (nSPS) is 20.8. The number of carbonyl (C=O) groups excluding carboxylic acids is 1. The number of rotatable bonds is 6. The van der Waals surface area contributed by atoms with Crippen LogP contribution in [0.2, 0.25) is 0 Å². The van der Waals surface area contributed by atoms with Crippen LogP contribution in [0.3, 0.4) is 0 Å². The molecule has 2 atom stereocenters. The molecular weight excluding hydrogens is 307 g/mol. The summed E-state index contributed by atoms with van der Waals surface area (Å²) in [5.41, 5.74) is 0. The molecule has 1 aliphatic rings. The molecule has 1 heterocycles. The van der Waals surface area contributed by atoms with Crippen LogP contribution in [0.25, 0.3) is 0 Å². The van der Waals surface area contributed by atoms with Crippen molar-refractivity contribution in [2.45, 2.75) is 12.1 Å². The Morgan fingerprint density at radius 1 is 1.39 bits per heavy atom. The van der Waals surface area contributed by atoms with Crippen LogP contribution in [0.15, 0.2) is 24.3 Å². The standard InChI is InChI=1S/C15H19FN2O5/c1-17(8-15(21)22)11-6-18(7-12(11)19)14(20)9-23-13-5-3-2-4-10(13)16/h2-5,11-12,19H,6-9H2,1H3,(H,21,22)/t11-,12+/m0/s1. The Morgan fingerprint density at radius 2 is 2.09 bits per heavy atom. The van der Waals surface area contributed by atoms with Gasteiger partial charge in [0.15, 0.2) is 18.2 Å². The lowest BCUT2D eigenvalue weighted by molar-refractivity contribution is -0.138. The maximum Gasteiger partial charge on any atom is 0.317 e. The van der Waals surface area contributed by atoms with Crippen LogP contribution in [-0.2, 0) is 9.59 Å². The first-order valence-corrected chi connectivity index (χ1v) is 7.13. The van der Waals surface area contributed by atoms with Crippen molar-refractivity contribution in [3.8, 4) is 5.75 Å². The van der Waals surface area contributed by atoms with E-state index in [0.717, 1.165) is 0 Å². The van der Waals surface area contributed by atoms with Crippen molar-refractivity contribution >= 4 is 11.9 Å². The summed E-state index contributed by atoms with van der Waals surface area (Å²) in [5, 5.41) is 18.8. The van der Waals surface area contributed by atoms with Crippen LogP contribution < -0.4 is 4.74 Å². The Bertz CT molecular complexity index is 583. The third-order valence-corrected chi connectivity index (χ3v) is 3.75. The Labute approximate surface area is 132 Å². The molecule has 1 aliphatic heterocycles. The quantitative estimate of drug-likeness (QED) is 0.752. The molecule has 8 heteroatoms. The zero-order valence-electron chi connectivity index (χ0n) is 12.7. The minimum Gasteiger partial charge on any atom is -0.481 e. The van der Waals surface area contributed by atoms with Gasteiger partial charge in [-0.3, -0.25) is 14.5 Å². The number of carboxylic acids is 1. The molecule has 0 bridgehead atoms. The summed E-state index contributed by atoms with van der Waals surface area (Å²) < 4.78 is 18.6. The lowest BCUT2D eigenvalue weighted by atomic mass is 10.2. The average Bonchev–Trinajstić information content (AvgIpc) is 2.87. The molecular formula is C15H19FN2O5. The first-order chi connectivity index (χ1) is 10.9. The summed E-state index contributed by atoms with van der Waals surface area (Å²) in [6.07, 6.45) is -0.836. The van der Waals surface area contributed by atoms with E-state index >= 15 is 0 Å².